The molecule has 0 amide bonds. The molecule has 1 N–H and O–H groups in total. The van der Waals surface area contributed by atoms with Crippen LogP contribution >= 0.6 is 0 Å². The average molecular weight is 205 g/mol. The van der Waals surface area contributed by atoms with E-state index in [2.05, 4.69) is 47.9 Å². The topological polar surface area (TPSA) is 33.6 Å². The van der Waals surface area contributed by atoms with Gasteiger partial charge in [-0.1, -0.05) is 0 Å². The van der Waals surface area contributed by atoms with Crippen molar-refractivity contribution in [2.75, 3.05) is 0 Å². The number of aromatic amines is 1. The fourth-order valence-corrected chi connectivity index (χ4v) is 1.15. The quantitative estimate of drug-likeness (QED) is 0.705. The molecule has 0 saturated heterocycles. The summed E-state index contributed by atoms with van der Waals surface area (Å²) in [6.07, 6.45) is 3.89. The van der Waals surface area contributed by atoms with E-state index in [1.165, 1.54) is 16.8 Å². The van der Waals surface area contributed by atoms with Gasteiger partial charge in [-0.15, -0.1) is 0 Å². The lowest BCUT2D eigenvalue weighted by molar-refractivity contribution is 0.877. The van der Waals surface area contributed by atoms with Crippen molar-refractivity contribution < 1.29 is 0 Å². The Labute approximate surface area is 91.1 Å². The average Bonchev–Trinajstić information content (AvgIpc) is 2.70. The molecule has 0 saturated carbocycles. The molecule has 0 atom stereocenters. The number of nitrogens with one attached hydrogen (secondary N) is 1. The van der Waals surface area contributed by atoms with Crippen molar-refractivity contribution in [3.05, 3.63) is 41.0 Å². The highest BCUT2D eigenvalue weighted by atomic mass is 15.1. The molecule has 0 aromatic carbocycles. The first-order valence-corrected chi connectivity index (χ1v) is 5.07. The SMILES string of the molecule is Cc1ccn(C)c1C.Cc1cn[nH]c1C. The van der Waals surface area contributed by atoms with Gasteiger partial charge in [-0.05, 0) is 44.9 Å². The maximum Gasteiger partial charge on any atom is 0.0519 e. The van der Waals surface area contributed by atoms with Crippen LogP contribution in [-0.4, -0.2) is 14.8 Å². The normalized spacial score (nSPS) is 9.67. The van der Waals surface area contributed by atoms with Gasteiger partial charge in [0.15, 0.2) is 0 Å². The van der Waals surface area contributed by atoms with Crippen molar-refractivity contribution in [3.8, 4) is 0 Å². The molecule has 0 fully saturated rings. The summed E-state index contributed by atoms with van der Waals surface area (Å²) in [6, 6.07) is 2.12. The molecule has 0 radical (unpaired) electrons. The van der Waals surface area contributed by atoms with E-state index in [-0.39, 0.29) is 0 Å². The first-order valence-electron chi connectivity index (χ1n) is 5.07. The first kappa shape index (κ1) is 11.6. The van der Waals surface area contributed by atoms with E-state index in [0.29, 0.717) is 0 Å². The van der Waals surface area contributed by atoms with E-state index in [1.54, 1.807) is 0 Å². The number of aromatic nitrogens is 3. The van der Waals surface area contributed by atoms with Crippen molar-refractivity contribution >= 4 is 0 Å². The van der Waals surface area contributed by atoms with Crippen LogP contribution in [0.5, 0.6) is 0 Å². The number of hydrogen-bond acceptors (Lipinski definition) is 1. The highest BCUT2D eigenvalue weighted by Gasteiger charge is 1.92. The summed E-state index contributed by atoms with van der Waals surface area (Å²) >= 11 is 0. The fourth-order valence-electron chi connectivity index (χ4n) is 1.15. The van der Waals surface area contributed by atoms with Crippen LogP contribution in [0.2, 0.25) is 0 Å². The smallest absolute Gasteiger partial charge is 0.0519 e. The van der Waals surface area contributed by atoms with Crippen molar-refractivity contribution in [3.63, 3.8) is 0 Å². The maximum atomic E-state index is 3.80. The first-order chi connectivity index (χ1) is 7.02. The third-order valence-electron chi connectivity index (χ3n) is 2.73. The Bertz CT molecular complexity index is 388. The Morgan fingerprint density at radius 2 is 1.80 bits per heavy atom. The Balaban J connectivity index is 0.000000151. The van der Waals surface area contributed by atoms with Gasteiger partial charge in [-0.25, -0.2) is 0 Å². The monoisotopic (exact) mass is 205 g/mol. The molecule has 3 nitrogen and oxygen atoms in total. The molecule has 0 bridgehead atoms. The van der Waals surface area contributed by atoms with Crippen LogP contribution in [0.1, 0.15) is 22.5 Å². The van der Waals surface area contributed by atoms with E-state index >= 15 is 0 Å². The molecule has 82 valence electrons. The van der Waals surface area contributed by atoms with Gasteiger partial charge >= 0.3 is 0 Å². The molecule has 0 spiro atoms. The van der Waals surface area contributed by atoms with Gasteiger partial charge in [-0.2, -0.15) is 5.10 Å². The lowest BCUT2D eigenvalue weighted by Gasteiger charge is -1.93. The predicted octanol–water partition coefficient (Wildman–Crippen LogP) is 2.67. The highest BCUT2D eigenvalue weighted by molar-refractivity contribution is 5.17. The van der Waals surface area contributed by atoms with E-state index in [1.807, 2.05) is 20.0 Å². The minimum Gasteiger partial charge on any atom is -0.354 e. The minimum absolute atomic E-state index is 1.15. The number of rotatable bonds is 0. The van der Waals surface area contributed by atoms with E-state index < -0.39 is 0 Å². The summed E-state index contributed by atoms with van der Waals surface area (Å²) in [4.78, 5) is 0. The summed E-state index contributed by atoms with van der Waals surface area (Å²) in [5.74, 6) is 0. The summed E-state index contributed by atoms with van der Waals surface area (Å²) < 4.78 is 2.12. The lowest BCUT2D eigenvalue weighted by atomic mass is 10.3. The van der Waals surface area contributed by atoms with Crippen LogP contribution in [0.15, 0.2) is 18.5 Å². The van der Waals surface area contributed by atoms with Gasteiger partial charge < -0.3 is 4.57 Å². The molecule has 2 aromatic rings. The molecule has 15 heavy (non-hydrogen) atoms. The number of H-pyrrole nitrogens is 1. The molecule has 0 aliphatic carbocycles. The largest absolute Gasteiger partial charge is 0.354 e. The summed E-state index contributed by atoms with van der Waals surface area (Å²) in [7, 11) is 2.06. The second-order valence-corrected chi connectivity index (χ2v) is 3.87. The van der Waals surface area contributed by atoms with Gasteiger partial charge in [0.25, 0.3) is 0 Å². The third kappa shape index (κ3) is 2.98. The van der Waals surface area contributed by atoms with Gasteiger partial charge in [-0.3, -0.25) is 5.10 Å². The molecular weight excluding hydrogens is 186 g/mol. The summed E-state index contributed by atoms with van der Waals surface area (Å²) in [6.45, 7) is 8.27. The van der Waals surface area contributed by atoms with E-state index in [4.69, 9.17) is 0 Å². The molecule has 2 heterocycles. The Morgan fingerprint density at radius 1 is 1.13 bits per heavy atom. The minimum atomic E-state index is 1.15. The van der Waals surface area contributed by atoms with Crippen LogP contribution in [0.3, 0.4) is 0 Å². The Hall–Kier alpha value is -1.51. The van der Waals surface area contributed by atoms with Crippen LogP contribution in [0, 0.1) is 27.7 Å². The maximum absolute atomic E-state index is 3.80. The van der Waals surface area contributed by atoms with Crippen LogP contribution < -0.4 is 0 Å². The number of hydrogen-bond donors (Lipinski definition) is 1. The van der Waals surface area contributed by atoms with Gasteiger partial charge in [0.2, 0.25) is 0 Å². The molecule has 0 unspecified atom stereocenters. The lowest BCUT2D eigenvalue weighted by Crippen LogP contribution is -1.87. The molecular formula is C12H19N3. The van der Waals surface area contributed by atoms with Crippen molar-refractivity contribution in [1.82, 2.24) is 14.8 Å². The van der Waals surface area contributed by atoms with Gasteiger partial charge in [0.05, 0.1) is 6.20 Å². The third-order valence-corrected chi connectivity index (χ3v) is 2.73. The molecule has 2 rings (SSSR count). The summed E-state index contributed by atoms with van der Waals surface area (Å²) in [5.41, 5.74) is 5.09. The van der Waals surface area contributed by atoms with E-state index in [0.717, 1.165) is 5.69 Å². The van der Waals surface area contributed by atoms with Crippen LogP contribution in [0.25, 0.3) is 0 Å². The fraction of sp³-hybridized carbons (Fsp3) is 0.417. The summed E-state index contributed by atoms with van der Waals surface area (Å²) in [5, 5.41) is 6.61. The van der Waals surface area contributed by atoms with Crippen LogP contribution in [0.4, 0.5) is 0 Å². The molecule has 0 aliphatic rings. The standard InChI is InChI=1S/C7H11N.C5H8N2/c1-6-4-5-8(3)7(6)2;1-4-3-6-7-5(4)2/h4-5H,1-3H3;3H,1-2H3,(H,6,7). The van der Waals surface area contributed by atoms with Gasteiger partial charge in [0, 0.05) is 24.6 Å². The molecule has 2 aromatic heterocycles. The molecule has 0 aliphatic heterocycles. The highest BCUT2D eigenvalue weighted by Crippen LogP contribution is 2.04. The second-order valence-electron chi connectivity index (χ2n) is 3.87. The Morgan fingerprint density at radius 3 is 1.93 bits per heavy atom. The number of aryl methyl sites for hydroxylation is 4. The second kappa shape index (κ2) is 4.82. The van der Waals surface area contributed by atoms with Crippen molar-refractivity contribution in [2.45, 2.75) is 27.7 Å². The van der Waals surface area contributed by atoms with Crippen molar-refractivity contribution in [2.24, 2.45) is 7.05 Å². The molecule has 3 heteroatoms. The zero-order valence-electron chi connectivity index (χ0n) is 10.1. The van der Waals surface area contributed by atoms with Gasteiger partial charge in [0.1, 0.15) is 0 Å². The zero-order valence-corrected chi connectivity index (χ0v) is 10.1. The Kier molecular flexibility index (Phi) is 3.72. The van der Waals surface area contributed by atoms with Crippen molar-refractivity contribution in [1.29, 1.82) is 0 Å². The zero-order chi connectivity index (χ0) is 11.4. The van der Waals surface area contributed by atoms with Crippen LogP contribution in [-0.2, 0) is 7.05 Å². The number of nitrogens with zero attached hydrogens (tertiary/aromatic N) is 2. The predicted molar refractivity (Wildman–Crippen MR) is 62.9 cm³/mol. The van der Waals surface area contributed by atoms with E-state index in [9.17, 15) is 0 Å².